The number of hydrogen-bond donors (Lipinski definition) is 1. The Kier molecular flexibility index (Phi) is 4.75. The summed E-state index contributed by atoms with van der Waals surface area (Å²) in [6.45, 7) is 0.848. The van der Waals surface area contributed by atoms with E-state index in [9.17, 15) is 13.6 Å². The Morgan fingerprint density at radius 3 is 2.63 bits per heavy atom. The Morgan fingerprint density at radius 2 is 1.85 bits per heavy atom. The van der Waals surface area contributed by atoms with Crippen molar-refractivity contribution in [2.75, 3.05) is 5.32 Å². The number of anilines is 1. The van der Waals surface area contributed by atoms with Crippen molar-refractivity contribution < 1.29 is 13.6 Å². The van der Waals surface area contributed by atoms with Crippen molar-refractivity contribution in [3.8, 4) is 0 Å². The van der Waals surface area contributed by atoms with E-state index >= 15 is 0 Å². The summed E-state index contributed by atoms with van der Waals surface area (Å²) in [4.78, 5) is 13.1. The van der Waals surface area contributed by atoms with Crippen LogP contribution in [0.5, 0.6) is 0 Å². The van der Waals surface area contributed by atoms with Crippen LogP contribution in [0.25, 0.3) is 0 Å². The van der Waals surface area contributed by atoms with Gasteiger partial charge in [-0.25, -0.2) is 8.78 Å². The molecule has 0 bridgehead atoms. The highest BCUT2D eigenvalue weighted by atomic mass is 19.1. The van der Waals surface area contributed by atoms with Gasteiger partial charge in [0, 0.05) is 30.4 Å². The monoisotopic (exact) mass is 366 g/mol. The van der Waals surface area contributed by atoms with Crippen LogP contribution in [0.15, 0.2) is 66.9 Å². The highest BCUT2D eigenvalue weighted by molar-refractivity contribution is 5.93. The maximum atomic E-state index is 14.0. The van der Waals surface area contributed by atoms with Crippen molar-refractivity contribution in [1.29, 1.82) is 0 Å². The summed E-state index contributed by atoms with van der Waals surface area (Å²) < 4.78 is 29.3. The molecule has 3 aromatic rings. The van der Waals surface area contributed by atoms with E-state index in [1.165, 1.54) is 6.07 Å². The van der Waals surface area contributed by atoms with Gasteiger partial charge in [-0.15, -0.1) is 0 Å². The van der Waals surface area contributed by atoms with E-state index in [2.05, 4.69) is 9.88 Å². The number of halogens is 2. The topological polar surface area (TPSA) is 34.0 Å². The zero-order chi connectivity index (χ0) is 18.8. The first-order valence-corrected chi connectivity index (χ1v) is 9.09. The summed E-state index contributed by atoms with van der Waals surface area (Å²) in [5, 5.41) is 2.67. The number of amides is 1. The maximum Gasteiger partial charge on any atom is 0.228 e. The molecule has 0 unspecified atom stereocenters. The molecule has 1 aliphatic heterocycles. The molecule has 0 saturated heterocycles. The molecule has 0 fully saturated rings. The smallest absolute Gasteiger partial charge is 0.228 e. The molecule has 0 aliphatic carbocycles. The zero-order valence-corrected chi connectivity index (χ0v) is 14.7. The van der Waals surface area contributed by atoms with E-state index in [0.717, 1.165) is 36.4 Å². The first-order chi connectivity index (χ1) is 13.1. The second-order valence-corrected chi connectivity index (χ2v) is 6.88. The summed E-state index contributed by atoms with van der Waals surface area (Å²) in [5.74, 6) is -2.14. The number of fused-ring (bicyclic) bond motifs is 1. The van der Waals surface area contributed by atoms with E-state index in [0.29, 0.717) is 6.42 Å². The van der Waals surface area contributed by atoms with Crippen LogP contribution in [-0.2, 0) is 11.3 Å². The maximum absolute atomic E-state index is 14.0. The fourth-order valence-corrected chi connectivity index (χ4v) is 3.93. The van der Waals surface area contributed by atoms with Gasteiger partial charge in [0.1, 0.15) is 11.6 Å². The van der Waals surface area contributed by atoms with Crippen molar-refractivity contribution >= 4 is 11.6 Å². The highest BCUT2D eigenvalue weighted by Crippen LogP contribution is 2.38. The van der Waals surface area contributed by atoms with Gasteiger partial charge in [-0.1, -0.05) is 30.3 Å². The Bertz CT molecular complexity index is 952. The average molecular weight is 366 g/mol. The molecular weight excluding hydrogens is 346 g/mol. The number of nitrogens with one attached hydrogen (secondary N) is 1. The molecule has 1 amide bonds. The molecule has 4 rings (SSSR count). The van der Waals surface area contributed by atoms with Crippen LogP contribution in [0.3, 0.4) is 0 Å². The van der Waals surface area contributed by atoms with E-state index in [1.807, 2.05) is 48.7 Å². The molecule has 3 nitrogen and oxygen atoms in total. The number of carbonyl (C=O) groups excluding carboxylic acids is 1. The van der Waals surface area contributed by atoms with Crippen LogP contribution < -0.4 is 5.32 Å². The Hall–Kier alpha value is -2.95. The molecule has 0 saturated carbocycles. The molecule has 5 heteroatoms. The number of carbonyl (C=O) groups is 1. The van der Waals surface area contributed by atoms with Gasteiger partial charge in [0.25, 0.3) is 0 Å². The number of nitrogens with zero attached hydrogens (tertiary/aromatic N) is 1. The quantitative estimate of drug-likeness (QED) is 0.699. The zero-order valence-electron chi connectivity index (χ0n) is 14.7. The third-order valence-corrected chi connectivity index (χ3v) is 5.18. The van der Waals surface area contributed by atoms with Crippen LogP contribution in [0.2, 0.25) is 0 Å². The van der Waals surface area contributed by atoms with Crippen molar-refractivity contribution in [2.45, 2.75) is 25.3 Å². The lowest BCUT2D eigenvalue weighted by atomic mass is 9.81. The first-order valence-electron chi connectivity index (χ1n) is 9.09. The molecule has 1 aliphatic rings. The third kappa shape index (κ3) is 3.50. The number of benzene rings is 2. The Labute approximate surface area is 156 Å². The molecule has 2 aromatic carbocycles. The van der Waals surface area contributed by atoms with E-state index in [-0.39, 0.29) is 23.4 Å². The normalized spacial score (nSPS) is 19.2. The molecule has 1 N–H and O–H groups in total. The van der Waals surface area contributed by atoms with Gasteiger partial charge in [-0.3, -0.25) is 4.79 Å². The Balaban J connectivity index is 1.69. The molecule has 2 heterocycles. The molecule has 1 aromatic heterocycles. The largest absolute Gasteiger partial charge is 0.351 e. The van der Waals surface area contributed by atoms with E-state index < -0.39 is 11.6 Å². The minimum Gasteiger partial charge on any atom is -0.351 e. The number of hydrogen-bond acceptors (Lipinski definition) is 1. The van der Waals surface area contributed by atoms with E-state index in [4.69, 9.17) is 0 Å². The third-order valence-electron chi connectivity index (χ3n) is 5.18. The molecule has 138 valence electrons. The summed E-state index contributed by atoms with van der Waals surface area (Å²) in [6.07, 6.45) is 3.58. The minimum atomic E-state index is -0.767. The standard InChI is InChI=1S/C22H20F2N2O/c23-16-10-11-19(18(24)14-16)25-22(27)17-8-4-12-26-13-5-9-20(26)21(17)15-6-2-1-3-7-15/h1-3,5-7,9-11,13-14,17,21H,4,8,12H2,(H,25,27)/t17-,21-/m0/s1. The molecule has 0 spiro atoms. The van der Waals surface area contributed by atoms with Crippen LogP contribution in [0, 0.1) is 17.6 Å². The van der Waals surface area contributed by atoms with Crippen LogP contribution in [0.1, 0.15) is 30.0 Å². The summed E-state index contributed by atoms with van der Waals surface area (Å²) in [7, 11) is 0. The van der Waals surface area contributed by atoms with Gasteiger partial charge in [-0.05, 0) is 42.7 Å². The van der Waals surface area contributed by atoms with Gasteiger partial charge in [0.2, 0.25) is 5.91 Å². The SMILES string of the molecule is O=C(Nc1ccc(F)cc1F)[C@H]1CCCn2cccc2[C@H]1c1ccccc1. The number of rotatable bonds is 3. The second kappa shape index (κ2) is 7.35. The summed E-state index contributed by atoms with van der Waals surface area (Å²) in [6, 6.07) is 17.1. The predicted octanol–water partition coefficient (Wildman–Crippen LogP) is 4.95. The van der Waals surface area contributed by atoms with Gasteiger partial charge in [-0.2, -0.15) is 0 Å². The van der Waals surface area contributed by atoms with Crippen LogP contribution in [-0.4, -0.2) is 10.5 Å². The van der Waals surface area contributed by atoms with Crippen LogP contribution in [0.4, 0.5) is 14.5 Å². The fraction of sp³-hybridized carbons (Fsp3) is 0.227. The van der Waals surface area contributed by atoms with Gasteiger partial charge < -0.3 is 9.88 Å². The van der Waals surface area contributed by atoms with Crippen molar-refractivity contribution in [2.24, 2.45) is 5.92 Å². The van der Waals surface area contributed by atoms with Gasteiger partial charge in [0.15, 0.2) is 0 Å². The van der Waals surface area contributed by atoms with Crippen molar-refractivity contribution in [3.63, 3.8) is 0 Å². The highest BCUT2D eigenvalue weighted by Gasteiger charge is 2.34. The first kappa shape index (κ1) is 17.5. The average Bonchev–Trinajstić information content (AvgIpc) is 3.04. The molecule has 2 atom stereocenters. The summed E-state index contributed by atoms with van der Waals surface area (Å²) >= 11 is 0. The predicted molar refractivity (Wildman–Crippen MR) is 100 cm³/mol. The Morgan fingerprint density at radius 1 is 1.04 bits per heavy atom. The molecular formula is C22H20F2N2O. The fourth-order valence-electron chi connectivity index (χ4n) is 3.93. The van der Waals surface area contributed by atoms with Crippen molar-refractivity contribution in [3.05, 3.63) is 89.8 Å². The van der Waals surface area contributed by atoms with E-state index in [1.54, 1.807) is 0 Å². The lowest BCUT2D eigenvalue weighted by molar-refractivity contribution is -0.120. The lowest BCUT2D eigenvalue weighted by Gasteiger charge is -2.25. The summed E-state index contributed by atoms with van der Waals surface area (Å²) in [5.41, 5.74) is 2.14. The number of aromatic nitrogens is 1. The van der Waals surface area contributed by atoms with Crippen molar-refractivity contribution in [1.82, 2.24) is 4.57 Å². The van der Waals surface area contributed by atoms with Gasteiger partial charge in [0.05, 0.1) is 11.6 Å². The second-order valence-electron chi connectivity index (χ2n) is 6.88. The lowest BCUT2D eigenvalue weighted by Crippen LogP contribution is -2.29. The number of aryl methyl sites for hydroxylation is 1. The van der Waals surface area contributed by atoms with Gasteiger partial charge >= 0.3 is 0 Å². The molecule has 27 heavy (non-hydrogen) atoms. The molecule has 0 radical (unpaired) electrons. The minimum absolute atomic E-state index is 0.00726. The van der Waals surface area contributed by atoms with Crippen LogP contribution >= 0.6 is 0 Å².